The van der Waals surface area contributed by atoms with Crippen molar-refractivity contribution in [2.75, 3.05) is 6.54 Å². The van der Waals surface area contributed by atoms with Crippen LogP contribution in [0.5, 0.6) is 0 Å². The van der Waals surface area contributed by atoms with E-state index in [2.05, 4.69) is 55.5 Å². The fraction of sp³-hybridized carbons (Fsp3) is 0.308. The van der Waals surface area contributed by atoms with Gasteiger partial charge in [-0.25, -0.2) is 8.42 Å². The van der Waals surface area contributed by atoms with Crippen LogP contribution in [0.15, 0.2) is 83.8 Å². The van der Waals surface area contributed by atoms with Gasteiger partial charge in [-0.3, -0.25) is 0 Å². The first-order valence-electron chi connectivity index (χ1n) is 10.6. The first-order chi connectivity index (χ1) is 14.4. The van der Waals surface area contributed by atoms with Crippen LogP contribution in [-0.4, -0.2) is 25.3 Å². The molecular weight excluding hydrogens is 390 g/mol. The van der Waals surface area contributed by atoms with Crippen LogP contribution in [0.1, 0.15) is 41.5 Å². The molecule has 0 aliphatic carbocycles. The van der Waals surface area contributed by atoms with Gasteiger partial charge in [0.1, 0.15) is 0 Å². The molecule has 0 radical (unpaired) electrons. The van der Waals surface area contributed by atoms with Crippen LogP contribution >= 0.6 is 0 Å². The number of nitrogens with zero attached hydrogens (tertiary/aromatic N) is 1. The Morgan fingerprint density at radius 3 is 2.17 bits per heavy atom. The highest BCUT2D eigenvalue weighted by Gasteiger charge is 2.41. The van der Waals surface area contributed by atoms with E-state index >= 15 is 0 Å². The van der Waals surface area contributed by atoms with E-state index in [4.69, 9.17) is 0 Å². The van der Waals surface area contributed by atoms with Crippen LogP contribution in [-0.2, 0) is 10.0 Å². The lowest BCUT2D eigenvalue weighted by molar-refractivity contribution is 0.401. The average Bonchev–Trinajstić information content (AvgIpc) is 3.11. The van der Waals surface area contributed by atoms with Crippen molar-refractivity contribution >= 4 is 10.0 Å². The molecule has 1 aliphatic rings. The lowest BCUT2D eigenvalue weighted by Crippen LogP contribution is -2.34. The van der Waals surface area contributed by atoms with E-state index in [9.17, 15) is 8.42 Å². The highest BCUT2D eigenvalue weighted by Crippen LogP contribution is 2.41. The normalized spacial score (nSPS) is 20.9. The van der Waals surface area contributed by atoms with Gasteiger partial charge >= 0.3 is 0 Å². The minimum atomic E-state index is -3.51. The van der Waals surface area contributed by atoms with Crippen molar-refractivity contribution in [3.63, 3.8) is 0 Å². The standard InChI is InChI=1S/C26H29NO2S/c1-19-12-14-25(15-13-19)30(28,29)27-18-24(17-21(27)3)26(22-9-5-4-6-10-22)23-11-7-8-20(2)16-23/h4-16,21,24,26H,17-18H2,1-3H3/t21?,24-,26+/m1/s1. The number of hydrogen-bond acceptors (Lipinski definition) is 2. The summed E-state index contributed by atoms with van der Waals surface area (Å²) in [6.07, 6.45) is 0.846. The number of sulfonamides is 1. The zero-order chi connectivity index (χ0) is 21.3. The lowest BCUT2D eigenvalue weighted by atomic mass is 9.79. The second-order valence-electron chi connectivity index (χ2n) is 8.54. The van der Waals surface area contributed by atoms with Gasteiger partial charge in [-0.15, -0.1) is 0 Å². The molecule has 156 valence electrons. The monoisotopic (exact) mass is 419 g/mol. The summed E-state index contributed by atoms with van der Waals surface area (Å²) in [6, 6.07) is 26.2. The zero-order valence-corrected chi connectivity index (χ0v) is 18.6. The van der Waals surface area contributed by atoms with Gasteiger partial charge in [-0.2, -0.15) is 4.31 Å². The van der Waals surface area contributed by atoms with E-state index in [1.54, 1.807) is 16.4 Å². The maximum Gasteiger partial charge on any atom is 0.243 e. The van der Waals surface area contributed by atoms with Crippen LogP contribution in [0.4, 0.5) is 0 Å². The molecule has 1 aliphatic heterocycles. The Bertz CT molecular complexity index is 1110. The quantitative estimate of drug-likeness (QED) is 0.545. The Hall–Kier alpha value is -2.43. The smallest absolute Gasteiger partial charge is 0.207 e. The third-order valence-corrected chi connectivity index (χ3v) is 8.20. The Kier molecular flexibility index (Phi) is 5.81. The van der Waals surface area contributed by atoms with E-state index < -0.39 is 10.0 Å². The summed E-state index contributed by atoms with van der Waals surface area (Å²) in [5, 5.41) is 0. The van der Waals surface area contributed by atoms with Gasteiger partial charge in [-0.05, 0) is 56.4 Å². The Morgan fingerprint density at radius 1 is 0.833 bits per heavy atom. The van der Waals surface area contributed by atoms with Crippen molar-refractivity contribution in [2.24, 2.45) is 5.92 Å². The van der Waals surface area contributed by atoms with E-state index in [0.29, 0.717) is 11.4 Å². The molecule has 1 saturated heterocycles. The third kappa shape index (κ3) is 4.07. The van der Waals surface area contributed by atoms with Crippen molar-refractivity contribution in [2.45, 2.75) is 44.0 Å². The molecule has 0 bridgehead atoms. The SMILES string of the molecule is Cc1ccc(S(=O)(=O)N2C[C@H]([C@@H](c3ccccc3)c3cccc(C)c3)CC2C)cc1. The first-order valence-corrected chi connectivity index (χ1v) is 12.0. The van der Waals surface area contributed by atoms with Gasteiger partial charge in [0.15, 0.2) is 0 Å². The molecule has 4 heteroatoms. The third-order valence-electron chi connectivity index (χ3n) is 6.21. The summed E-state index contributed by atoms with van der Waals surface area (Å²) in [5.41, 5.74) is 4.79. The van der Waals surface area contributed by atoms with Gasteiger partial charge in [-0.1, -0.05) is 77.9 Å². The summed E-state index contributed by atoms with van der Waals surface area (Å²) in [5.74, 6) is 0.399. The van der Waals surface area contributed by atoms with E-state index in [-0.39, 0.29) is 17.9 Å². The van der Waals surface area contributed by atoms with Gasteiger partial charge in [0.05, 0.1) is 4.90 Å². The molecule has 0 N–H and O–H groups in total. The van der Waals surface area contributed by atoms with Crippen molar-refractivity contribution in [1.82, 2.24) is 4.31 Å². The van der Waals surface area contributed by atoms with Crippen LogP contribution < -0.4 is 0 Å². The van der Waals surface area contributed by atoms with E-state index in [1.807, 2.05) is 32.0 Å². The first kappa shape index (κ1) is 20.8. The maximum absolute atomic E-state index is 13.4. The molecule has 0 spiro atoms. The van der Waals surface area contributed by atoms with Crippen LogP contribution in [0, 0.1) is 19.8 Å². The molecule has 3 aromatic carbocycles. The molecule has 0 saturated carbocycles. The highest BCUT2D eigenvalue weighted by molar-refractivity contribution is 7.89. The predicted molar refractivity (Wildman–Crippen MR) is 122 cm³/mol. The summed E-state index contributed by atoms with van der Waals surface area (Å²) >= 11 is 0. The highest BCUT2D eigenvalue weighted by atomic mass is 32.2. The summed E-state index contributed by atoms with van der Waals surface area (Å²) in [6.45, 7) is 6.64. The summed E-state index contributed by atoms with van der Waals surface area (Å²) in [7, 11) is -3.51. The van der Waals surface area contributed by atoms with Crippen molar-refractivity contribution in [1.29, 1.82) is 0 Å². The number of benzene rings is 3. The molecule has 1 unspecified atom stereocenters. The topological polar surface area (TPSA) is 37.4 Å². The lowest BCUT2D eigenvalue weighted by Gasteiger charge is -2.25. The molecule has 4 rings (SSSR count). The Balaban J connectivity index is 1.69. The summed E-state index contributed by atoms with van der Waals surface area (Å²) < 4.78 is 28.5. The van der Waals surface area contributed by atoms with Crippen LogP contribution in [0.2, 0.25) is 0 Å². The number of hydrogen-bond donors (Lipinski definition) is 0. The van der Waals surface area contributed by atoms with Crippen molar-refractivity contribution in [3.05, 3.63) is 101 Å². The molecule has 1 heterocycles. The van der Waals surface area contributed by atoms with E-state index in [1.165, 1.54) is 16.7 Å². The largest absolute Gasteiger partial charge is 0.243 e. The maximum atomic E-state index is 13.4. The average molecular weight is 420 g/mol. The molecule has 30 heavy (non-hydrogen) atoms. The fourth-order valence-electron chi connectivity index (χ4n) is 4.72. The molecular formula is C26H29NO2S. The minimum absolute atomic E-state index is 0.0303. The molecule has 1 fully saturated rings. The van der Waals surface area contributed by atoms with Crippen LogP contribution in [0.3, 0.4) is 0 Å². The minimum Gasteiger partial charge on any atom is -0.207 e. The van der Waals surface area contributed by atoms with Gasteiger partial charge in [0.25, 0.3) is 0 Å². The number of rotatable bonds is 5. The summed E-state index contributed by atoms with van der Waals surface area (Å²) in [4.78, 5) is 0.382. The van der Waals surface area contributed by atoms with E-state index in [0.717, 1.165) is 12.0 Å². The van der Waals surface area contributed by atoms with Gasteiger partial charge in [0, 0.05) is 18.5 Å². The molecule has 0 amide bonds. The molecule has 3 nitrogen and oxygen atoms in total. The van der Waals surface area contributed by atoms with Gasteiger partial charge in [0.2, 0.25) is 10.0 Å². The van der Waals surface area contributed by atoms with Crippen LogP contribution in [0.25, 0.3) is 0 Å². The van der Waals surface area contributed by atoms with Crippen molar-refractivity contribution < 1.29 is 8.42 Å². The second kappa shape index (κ2) is 8.37. The predicted octanol–water partition coefficient (Wildman–Crippen LogP) is 5.53. The number of aryl methyl sites for hydroxylation is 2. The fourth-order valence-corrected chi connectivity index (χ4v) is 6.42. The van der Waals surface area contributed by atoms with Crippen molar-refractivity contribution in [3.8, 4) is 0 Å². The Labute approximate surface area is 180 Å². The second-order valence-corrected chi connectivity index (χ2v) is 10.4. The molecule has 3 aromatic rings. The Morgan fingerprint density at radius 2 is 1.50 bits per heavy atom. The molecule has 3 atom stereocenters. The molecule has 0 aromatic heterocycles. The van der Waals surface area contributed by atoms with Gasteiger partial charge < -0.3 is 0 Å². The zero-order valence-electron chi connectivity index (χ0n) is 17.8.